The highest BCUT2D eigenvalue weighted by Gasteiger charge is 2.15. The van der Waals surface area contributed by atoms with Crippen molar-refractivity contribution < 1.29 is 5.11 Å². The number of nitrogens with one attached hydrogen (secondary N) is 1. The van der Waals surface area contributed by atoms with E-state index < -0.39 is 0 Å². The Morgan fingerprint density at radius 2 is 1.92 bits per heavy atom. The van der Waals surface area contributed by atoms with Gasteiger partial charge >= 0.3 is 0 Å². The SMILES string of the molecule is CCCN(CC)c1c(O)ccc(Nc2ccnc3cc(Cl)ccc23)c1C. The number of nitrogens with zero attached hydrogens (tertiary/aromatic N) is 2. The van der Waals surface area contributed by atoms with Gasteiger partial charge < -0.3 is 15.3 Å². The molecule has 0 saturated heterocycles. The van der Waals surface area contributed by atoms with Gasteiger partial charge in [-0.25, -0.2) is 0 Å². The zero-order valence-electron chi connectivity index (χ0n) is 15.4. The van der Waals surface area contributed by atoms with E-state index in [1.54, 1.807) is 12.3 Å². The van der Waals surface area contributed by atoms with E-state index in [1.165, 1.54) is 0 Å². The van der Waals surface area contributed by atoms with Crippen LogP contribution in [0.15, 0.2) is 42.6 Å². The topological polar surface area (TPSA) is 48.4 Å². The summed E-state index contributed by atoms with van der Waals surface area (Å²) in [6, 6.07) is 11.3. The number of halogens is 1. The van der Waals surface area contributed by atoms with Gasteiger partial charge in [-0.15, -0.1) is 0 Å². The van der Waals surface area contributed by atoms with Crippen molar-refractivity contribution in [1.82, 2.24) is 4.98 Å². The van der Waals surface area contributed by atoms with Crippen molar-refractivity contribution in [3.8, 4) is 5.75 Å². The molecule has 0 aliphatic heterocycles. The van der Waals surface area contributed by atoms with Crippen LogP contribution in [0, 0.1) is 6.92 Å². The van der Waals surface area contributed by atoms with E-state index >= 15 is 0 Å². The first kappa shape index (κ1) is 18.3. The highest BCUT2D eigenvalue weighted by atomic mass is 35.5. The number of fused-ring (bicyclic) bond motifs is 1. The molecule has 3 aromatic rings. The number of anilines is 3. The maximum atomic E-state index is 10.4. The molecule has 1 heterocycles. The largest absolute Gasteiger partial charge is 0.506 e. The number of hydrogen-bond acceptors (Lipinski definition) is 4. The molecule has 0 atom stereocenters. The number of aromatic nitrogens is 1. The molecule has 3 rings (SSSR count). The Kier molecular flexibility index (Phi) is 5.52. The molecule has 0 aliphatic rings. The van der Waals surface area contributed by atoms with Crippen LogP contribution >= 0.6 is 11.6 Å². The van der Waals surface area contributed by atoms with Gasteiger partial charge in [0.15, 0.2) is 0 Å². The fraction of sp³-hybridized carbons (Fsp3) is 0.286. The summed E-state index contributed by atoms with van der Waals surface area (Å²) in [5.74, 6) is 0.315. The summed E-state index contributed by atoms with van der Waals surface area (Å²) in [4.78, 5) is 6.60. The number of benzene rings is 2. The number of rotatable bonds is 6. The average molecular weight is 370 g/mol. The zero-order chi connectivity index (χ0) is 18.7. The third-order valence-electron chi connectivity index (χ3n) is 4.58. The van der Waals surface area contributed by atoms with Gasteiger partial charge in [0.2, 0.25) is 0 Å². The predicted octanol–water partition coefficient (Wildman–Crippen LogP) is 5.88. The van der Waals surface area contributed by atoms with E-state index in [2.05, 4.69) is 29.0 Å². The Hall–Kier alpha value is -2.46. The van der Waals surface area contributed by atoms with Crippen LogP contribution in [0.3, 0.4) is 0 Å². The van der Waals surface area contributed by atoms with E-state index in [4.69, 9.17) is 11.6 Å². The first-order valence-electron chi connectivity index (χ1n) is 8.94. The lowest BCUT2D eigenvalue weighted by Crippen LogP contribution is -2.24. The van der Waals surface area contributed by atoms with Crippen molar-refractivity contribution in [3.05, 3.63) is 53.2 Å². The van der Waals surface area contributed by atoms with Gasteiger partial charge in [0.05, 0.1) is 11.2 Å². The summed E-state index contributed by atoms with van der Waals surface area (Å²) in [7, 11) is 0. The predicted molar refractivity (Wildman–Crippen MR) is 111 cm³/mol. The van der Waals surface area contributed by atoms with Crippen LogP contribution in [0.4, 0.5) is 17.1 Å². The molecule has 2 aromatic carbocycles. The van der Waals surface area contributed by atoms with Crippen LogP contribution < -0.4 is 10.2 Å². The smallest absolute Gasteiger partial charge is 0.139 e. The van der Waals surface area contributed by atoms with Gasteiger partial charge in [-0.3, -0.25) is 4.98 Å². The summed E-state index contributed by atoms with van der Waals surface area (Å²) in [6.07, 6.45) is 2.80. The van der Waals surface area contributed by atoms with Crippen molar-refractivity contribution in [3.63, 3.8) is 0 Å². The molecule has 0 fully saturated rings. The first-order chi connectivity index (χ1) is 12.5. The van der Waals surface area contributed by atoms with Crippen LogP contribution in [-0.4, -0.2) is 23.2 Å². The molecule has 26 heavy (non-hydrogen) atoms. The van der Waals surface area contributed by atoms with E-state index in [0.29, 0.717) is 10.8 Å². The van der Waals surface area contributed by atoms with Crippen molar-refractivity contribution in [2.24, 2.45) is 0 Å². The number of hydrogen-bond donors (Lipinski definition) is 2. The van der Waals surface area contributed by atoms with Crippen LogP contribution in [0.5, 0.6) is 5.75 Å². The number of phenolic OH excluding ortho intramolecular Hbond substituents is 1. The molecule has 2 N–H and O–H groups in total. The summed E-state index contributed by atoms with van der Waals surface area (Å²) < 4.78 is 0. The van der Waals surface area contributed by atoms with Crippen LogP contribution in [0.25, 0.3) is 10.9 Å². The highest BCUT2D eigenvalue weighted by Crippen LogP contribution is 2.37. The first-order valence-corrected chi connectivity index (χ1v) is 9.31. The van der Waals surface area contributed by atoms with Crippen molar-refractivity contribution in [1.29, 1.82) is 0 Å². The Balaban J connectivity index is 2.04. The minimum Gasteiger partial charge on any atom is -0.506 e. The molecule has 0 amide bonds. The van der Waals surface area contributed by atoms with E-state index in [-0.39, 0.29) is 0 Å². The third kappa shape index (κ3) is 3.56. The zero-order valence-corrected chi connectivity index (χ0v) is 16.1. The minimum absolute atomic E-state index is 0.315. The van der Waals surface area contributed by atoms with Gasteiger partial charge in [0.25, 0.3) is 0 Å². The molecule has 0 saturated carbocycles. The van der Waals surface area contributed by atoms with Gasteiger partial charge in [-0.1, -0.05) is 18.5 Å². The van der Waals surface area contributed by atoms with Crippen molar-refractivity contribution in [2.45, 2.75) is 27.2 Å². The summed E-state index contributed by atoms with van der Waals surface area (Å²) in [6.45, 7) is 8.05. The molecule has 1 aromatic heterocycles. The van der Waals surface area contributed by atoms with E-state index in [1.807, 2.05) is 37.3 Å². The molecule has 4 nitrogen and oxygen atoms in total. The Labute approximate surface area is 159 Å². The molecule has 0 aliphatic carbocycles. The van der Waals surface area contributed by atoms with Gasteiger partial charge in [-0.2, -0.15) is 0 Å². The highest BCUT2D eigenvalue weighted by molar-refractivity contribution is 6.31. The van der Waals surface area contributed by atoms with Crippen LogP contribution in [0.2, 0.25) is 5.02 Å². The third-order valence-corrected chi connectivity index (χ3v) is 4.81. The molecular formula is C21H24ClN3O. The second-order valence-corrected chi connectivity index (χ2v) is 6.77. The molecule has 0 bridgehead atoms. The molecule has 136 valence electrons. The van der Waals surface area contributed by atoms with Gasteiger partial charge in [-0.05, 0) is 62.2 Å². The Bertz CT molecular complexity index is 927. The quantitative estimate of drug-likeness (QED) is 0.532. The lowest BCUT2D eigenvalue weighted by molar-refractivity contribution is 0.473. The minimum atomic E-state index is 0.315. The Morgan fingerprint density at radius 3 is 2.65 bits per heavy atom. The number of pyridine rings is 1. The molecular weight excluding hydrogens is 346 g/mol. The molecule has 0 radical (unpaired) electrons. The lowest BCUT2D eigenvalue weighted by Gasteiger charge is -2.27. The Morgan fingerprint density at radius 1 is 1.12 bits per heavy atom. The number of aromatic hydroxyl groups is 1. The standard InChI is InChI=1S/C21H24ClN3O/c1-4-12-25(5-2)21-14(3)17(8-9-20(21)26)24-18-10-11-23-19-13-15(22)6-7-16(18)19/h6-11,13,26H,4-5,12H2,1-3H3,(H,23,24). The monoisotopic (exact) mass is 369 g/mol. The molecule has 0 unspecified atom stereocenters. The second-order valence-electron chi connectivity index (χ2n) is 6.33. The normalized spacial score (nSPS) is 10.9. The van der Waals surface area contributed by atoms with E-state index in [0.717, 1.165) is 53.0 Å². The molecule has 0 spiro atoms. The van der Waals surface area contributed by atoms with Gasteiger partial charge in [0.1, 0.15) is 5.75 Å². The van der Waals surface area contributed by atoms with Gasteiger partial charge in [0, 0.05) is 41.1 Å². The fourth-order valence-corrected chi connectivity index (χ4v) is 3.46. The summed E-state index contributed by atoms with van der Waals surface area (Å²) >= 11 is 6.08. The molecule has 5 heteroatoms. The second kappa shape index (κ2) is 7.83. The van der Waals surface area contributed by atoms with Crippen LogP contribution in [-0.2, 0) is 0 Å². The van der Waals surface area contributed by atoms with E-state index in [9.17, 15) is 5.11 Å². The maximum absolute atomic E-state index is 10.4. The van der Waals surface area contributed by atoms with Crippen molar-refractivity contribution in [2.75, 3.05) is 23.3 Å². The average Bonchev–Trinajstić information content (AvgIpc) is 2.63. The summed E-state index contributed by atoms with van der Waals surface area (Å²) in [5.41, 5.74) is 4.69. The van der Waals surface area contributed by atoms with Crippen molar-refractivity contribution >= 4 is 39.6 Å². The lowest BCUT2D eigenvalue weighted by atomic mass is 10.1. The summed E-state index contributed by atoms with van der Waals surface area (Å²) in [5, 5.41) is 15.6. The number of phenols is 1. The maximum Gasteiger partial charge on any atom is 0.139 e. The fourth-order valence-electron chi connectivity index (χ4n) is 3.29. The van der Waals surface area contributed by atoms with Crippen LogP contribution in [0.1, 0.15) is 25.8 Å².